The summed E-state index contributed by atoms with van der Waals surface area (Å²) >= 11 is 0. The van der Waals surface area contributed by atoms with Crippen LogP contribution >= 0.6 is 0 Å². The van der Waals surface area contributed by atoms with E-state index in [9.17, 15) is 5.11 Å². The molecule has 1 aromatic rings. The van der Waals surface area contributed by atoms with E-state index in [1.807, 2.05) is 30.3 Å². The molecule has 1 aliphatic heterocycles. The Hall–Kier alpha value is -1.37. The maximum Gasteiger partial charge on any atom is 0.0805 e. The van der Waals surface area contributed by atoms with Crippen LogP contribution in [-0.4, -0.2) is 29.1 Å². The van der Waals surface area contributed by atoms with E-state index in [0.29, 0.717) is 12.5 Å². The molecule has 1 fully saturated rings. The highest BCUT2D eigenvalue weighted by Crippen LogP contribution is 2.27. The lowest BCUT2D eigenvalue weighted by Crippen LogP contribution is -2.31. The average Bonchev–Trinajstić information content (AvgIpc) is 2.92. The molecule has 0 saturated carbocycles. The number of unbranched alkanes of at least 4 members (excludes halogenated alkanes) is 2. The van der Waals surface area contributed by atoms with Crippen LogP contribution in [0.2, 0.25) is 0 Å². The number of benzene rings is 1. The van der Waals surface area contributed by atoms with Crippen molar-refractivity contribution >= 4 is 0 Å². The van der Waals surface area contributed by atoms with Crippen LogP contribution in [0.15, 0.2) is 30.3 Å². The molecule has 0 unspecified atom stereocenters. The molecule has 108 valence electrons. The number of aliphatic hydroxyl groups is 1. The van der Waals surface area contributed by atoms with Gasteiger partial charge in [0.15, 0.2) is 0 Å². The van der Waals surface area contributed by atoms with Gasteiger partial charge in [0.25, 0.3) is 0 Å². The Kier molecular flexibility index (Phi) is 6.04. The van der Waals surface area contributed by atoms with Crippen molar-refractivity contribution in [2.45, 2.75) is 50.7 Å². The minimum Gasteiger partial charge on any atom is -0.388 e. The Balaban J connectivity index is 1.80. The average molecular weight is 272 g/mol. The van der Waals surface area contributed by atoms with Crippen molar-refractivity contribution in [1.82, 2.24) is 4.90 Å². The molecule has 1 N–H and O–H groups in total. The molecule has 0 spiro atoms. The van der Waals surface area contributed by atoms with Gasteiger partial charge in [-0.25, -0.2) is 0 Å². The van der Waals surface area contributed by atoms with Crippen LogP contribution in [0.4, 0.5) is 0 Å². The zero-order chi connectivity index (χ0) is 14.2. The summed E-state index contributed by atoms with van der Waals surface area (Å²) < 4.78 is 0. The molecule has 3 nitrogen and oxygen atoms in total. The van der Waals surface area contributed by atoms with E-state index in [4.69, 9.17) is 5.26 Å². The minimum atomic E-state index is -0.360. The molecule has 0 radical (unpaired) electrons. The Morgan fingerprint density at radius 1 is 1.30 bits per heavy atom. The van der Waals surface area contributed by atoms with Crippen LogP contribution in [0.25, 0.3) is 0 Å². The van der Waals surface area contributed by atoms with Crippen molar-refractivity contribution in [1.29, 1.82) is 5.26 Å². The first-order valence-corrected chi connectivity index (χ1v) is 7.65. The standard InChI is InChI=1S/C17H24N2O/c18-11-5-2-6-12-19-13-7-10-16(19)14-17(20)15-8-3-1-4-9-15/h1,3-4,8-9,16-17,20H,2,5-7,10,12-14H2/t16-,17-/m0/s1. The molecule has 0 bridgehead atoms. The van der Waals surface area contributed by atoms with Crippen molar-refractivity contribution in [2.75, 3.05) is 13.1 Å². The third kappa shape index (κ3) is 4.33. The van der Waals surface area contributed by atoms with E-state index < -0.39 is 0 Å². The molecule has 2 rings (SSSR count). The Bertz CT molecular complexity index is 426. The van der Waals surface area contributed by atoms with Gasteiger partial charge >= 0.3 is 0 Å². The van der Waals surface area contributed by atoms with Crippen LogP contribution in [0.5, 0.6) is 0 Å². The molecule has 1 aliphatic rings. The van der Waals surface area contributed by atoms with Crippen LogP contribution in [0, 0.1) is 11.3 Å². The number of hydrogen-bond acceptors (Lipinski definition) is 3. The molecule has 3 heteroatoms. The zero-order valence-corrected chi connectivity index (χ0v) is 12.0. The summed E-state index contributed by atoms with van der Waals surface area (Å²) in [7, 11) is 0. The highest BCUT2D eigenvalue weighted by molar-refractivity contribution is 5.17. The Labute approximate surface area is 121 Å². The van der Waals surface area contributed by atoms with E-state index in [2.05, 4.69) is 11.0 Å². The fraction of sp³-hybridized carbons (Fsp3) is 0.588. The van der Waals surface area contributed by atoms with Crippen molar-refractivity contribution in [3.05, 3.63) is 35.9 Å². The van der Waals surface area contributed by atoms with Crippen molar-refractivity contribution in [2.24, 2.45) is 0 Å². The lowest BCUT2D eigenvalue weighted by molar-refractivity contribution is 0.120. The molecule has 0 aromatic heterocycles. The number of nitrogens with zero attached hydrogens (tertiary/aromatic N) is 2. The van der Waals surface area contributed by atoms with Crippen LogP contribution in [0.3, 0.4) is 0 Å². The maximum atomic E-state index is 10.3. The van der Waals surface area contributed by atoms with Gasteiger partial charge < -0.3 is 10.0 Å². The second-order valence-corrected chi connectivity index (χ2v) is 5.61. The van der Waals surface area contributed by atoms with Gasteiger partial charge in [-0.05, 0) is 50.8 Å². The van der Waals surface area contributed by atoms with E-state index in [-0.39, 0.29) is 6.10 Å². The highest BCUT2D eigenvalue weighted by atomic mass is 16.3. The molecule has 1 heterocycles. The van der Waals surface area contributed by atoms with Crippen LogP contribution in [0.1, 0.15) is 50.2 Å². The lowest BCUT2D eigenvalue weighted by atomic mass is 10.0. The van der Waals surface area contributed by atoms with E-state index in [0.717, 1.165) is 37.9 Å². The monoisotopic (exact) mass is 272 g/mol. The smallest absolute Gasteiger partial charge is 0.0805 e. The predicted octanol–water partition coefficient (Wildman–Crippen LogP) is 3.27. The maximum absolute atomic E-state index is 10.3. The molecule has 0 amide bonds. The van der Waals surface area contributed by atoms with E-state index >= 15 is 0 Å². The summed E-state index contributed by atoms with van der Waals surface area (Å²) in [5.74, 6) is 0. The quantitative estimate of drug-likeness (QED) is 0.775. The zero-order valence-electron chi connectivity index (χ0n) is 12.0. The second kappa shape index (κ2) is 8.04. The topological polar surface area (TPSA) is 47.3 Å². The van der Waals surface area contributed by atoms with Gasteiger partial charge in [0.05, 0.1) is 12.2 Å². The number of hydrogen-bond donors (Lipinski definition) is 1. The normalized spacial score (nSPS) is 20.7. The van der Waals surface area contributed by atoms with Gasteiger partial charge in [-0.2, -0.15) is 5.26 Å². The number of likely N-dealkylation sites (tertiary alicyclic amines) is 1. The molecule has 20 heavy (non-hydrogen) atoms. The SMILES string of the molecule is N#CCCCCN1CCC[C@H]1C[C@H](O)c1ccccc1. The van der Waals surface area contributed by atoms with Gasteiger partial charge in [-0.1, -0.05) is 30.3 Å². The molecule has 1 aromatic carbocycles. The van der Waals surface area contributed by atoms with Crippen LogP contribution < -0.4 is 0 Å². The molecule has 1 saturated heterocycles. The lowest BCUT2D eigenvalue weighted by Gasteiger charge is -2.26. The number of rotatable bonds is 7. The summed E-state index contributed by atoms with van der Waals surface area (Å²) in [4.78, 5) is 2.49. The highest BCUT2D eigenvalue weighted by Gasteiger charge is 2.26. The fourth-order valence-electron chi connectivity index (χ4n) is 3.04. The Morgan fingerprint density at radius 3 is 2.85 bits per heavy atom. The second-order valence-electron chi connectivity index (χ2n) is 5.61. The van der Waals surface area contributed by atoms with Gasteiger partial charge in [-0.15, -0.1) is 0 Å². The summed E-state index contributed by atoms with van der Waals surface area (Å²) in [5, 5.41) is 18.9. The van der Waals surface area contributed by atoms with Gasteiger partial charge in [-0.3, -0.25) is 0 Å². The van der Waals surface area contributed by atoms with Crippen molar-refractivity contribution in [3.8, 4) is 6.07 Å². The summed E-state index contributed by atoms with van der Waals surface area (Å²) in [6.07, 6.45) is 5.60. The minimum absolute atomic E-state index is 0.360. The first-order valence-electron chi connectivity index (χ1n) is 7.65. The number of nitriles is 1. The van der Waals surface area contributed by atoms with E-state index in [1.165, 1.54) is 12.8 Å². The van der Waals surface area contributed by atoms with Gasteiger partial charge in [0.1, 0.15) is 0 Å². The van der Waals surface area contributed by atoms with Crippen LogP contribution in [-0.2, 0) is 0 Å². The summed E-state index contributed by atoms with van der Waals surface area (Å²) in [6.45, 7) is 2.20. The van der Waals surface area contributed by atoms with E-state index in [1.54, 1.807) is 0 Å². The van der Waals surface area contributed by atoms with Gasteiger partial charge in [0.2, 0.25) is 0 Å². The summed E-state index contributed by atoms with van der Waals surface area (Å²) in [6, 6.07) is 12.6. The molecule has 2 atom stereocenters. The molecular weight excluding hydrogens is 248 g/mol. The van der Waals surface area contributed by atoms with Gasteiger partial charge in [0, 0.05) is 12.5 Å². The Morgan fingerprint density at radius 2 is 2.10 bits per heavy atom. The fourth-order valence-corrected chi connectivity index (χ4v) is 3.04. The molecular formula is C17H24N2O. The molecule has 0 aliphatic carbocycles. The largest absolute Gasteiger partial charge is 0.388 e. The first-order chi connectivity index (χ1) is 9.81. The third-order valence-corrected chi connectivity index (χ3v) is 4.16. The third-order valence-electron chi connectivity index (χ3n) is 4.16. The number of aliphatic hydroxyl groups excluding tert-OH is 1. The van der Waals surface area contributed by atoms with Crippen molar-refractivity contribution < 1.29 is 5.11 Å². The summed E-state index contributed by atoms with van der Waals surface area (Å²) in [5.41, 5.74) is 1.02. The van der Waals surface area contributed by atoms with Crippen molar-refractivity contribution in [3.63, 3.8) is 0 Å². The first kappa shape index (κ1) is 15.0. The predicted molar refractivity (Wildman–Crippen MR) is 80.1 cm³/mol.